The van der Waals surface area contributed by atoms with Gasteiger partial charge in [-0.1, -0.05) is 0 Å². The quantitative estimate of drug-likeness (QED) is 0.509. The van der Waals surface area contributed by atoms with E-state index in [1.165, 1.54) is 0 Å². The summed E-state index contributed by atoms with van der Waals surface area (Å²) in [6.07, 6.45) is 0.283. The van der Waals surface area contributed by atoms with E-state index in [9.17, 15) is 17.7 Å². The maximum atomic E-state index is 11.5. The molecule has 0 rings (SSSR count). The summed E-state index contributed by atoms with van der Waals surface area (Å²) < 4.78 is 49.7. The molecule has 0 bridgehead atoms. The highest BCUT2D eigenvalue weighted by Gasteiger charge is 2.14. The minimum atomic E-state index is -3.67. The molecule has 0 aliphatic rings. The summed E-state index contributed by atoms with van der Waals surface area (Å²) >= 11 is 0. The Morgan fingerprint density at radius 2 is 1.50 bits per heavy atom. The maximum Gasteiger partial charge on any atom is 0.296 e. The average molecular weight is 198 g/mol. The van der Waals surface area contributed by atoms with Crippen molar-refractivity contribution in [2.45, 2.75) is 0 Å². The van der Waals surface area contributed by atoms with Gasteiger partial charge < -0.3 is 4.52 Å². The molecule has 0 saturated carbocycles. The van der Waals surface area contributed by atoms with Crippen molar-refractivity contribution < 1.29 is 22.3 Å². The van der Waals surface area contributed by atoms with Crippen LogP contribution in [0.3, 0.4) is 0 Å². The van der Waals surface area contributed by atoms with Crippen LogP contribution in [-0.4, -0.2) is 0 Å². The van der Waals surface area contributed by atoms with Crippen molar-refractivity contribution in [3.63, 3.8) is 0 Å². The van der Waals surface area contributed by atoms with Gasteiger partial charge in [-0.15, -0.1) is 0 Å². The first-order valence-electron chi connectivity index (χ1n) is 2.77. The third-order valence-corrected chi connectivity index (χ3v) is 2.31. The van der Waals surface area contributed by atoms with E-state index < -0.39 is 7.37 Å². The predicted molar refractivity (Wildman–Crippen MR) is 39.4 cm³/mol. The summed E-state index contributed by atoms with van der Waals surface area (Å²) in [7, 11) is -3.67. The zero-order chi connectivity index (χ0) is 9.45. The maximum absolute atomic E-state index is 11.5. The Morgan fingerprint density at radius 3 is 1.83 bits per heavy atom. The van der Waals surface area contributed by atoms with Crippen LogP contribution >= 0.6 is 7.37 Å². The van der Waals surface area contributed by atoms with Crippen LogP contribution in [0.1, 0.15) is 0 Å². The average Bonchev–Trinajstić information content (AvgIpc) is 2.02. The minimum Gasteiger partial charge on any atom is -0.443 e. The Bertz CT molecular complexity index is 231. The van der Waals surface area contributed by atoms with Crippen LogP contribution in [0, 0.1) is 0 Å². The minimum absolute atomic E-state index is 0.0369. The molecule has 0 atom stereocenters. The van der Waals surface area contributed by atoms with Gasteiger partial charge in [-0.25, -0.2) is 13.2 Å². The van der Waals surface area contributed by atoms with Crippen molar-refractivity contribution in [1.82, 2.24) is 0 Å². The van der Waals surface area contributed by atoms with Gasteiger partial charge >= 0.3 is 0 Å². The van der Waals surface area contributed by atoms with Gasteiger partial charge in [0.2, 0.25) is 0 Å². The molecular formula is C6H6F3O2P. The molecule has 0 heterocycles. The van der Waals surface area contributed by atoms with E-state index in [2.05, 4.69) is 4.52 Å². The normalized spacial score (nSPS) is 17.6. The second-order valence-electron chi connectivity index (χ2n) is 1.56. The zero-order valence-electron chi connectivity index (χ0n) is 5.86. The van der Waals surface area contributed by atoms with Gasteiger partial charge in [-0.3, -0.25) is 4.57 Å². The topological polar surface area (TPSA) is 26.3 Å². The van der Waals surface area contributed by atoms with Crippen LogP contribution in [0.2, 0.25) is 0 Å². The van der Waals surface area contributed by atoms with Crippen LogP contribution in [-0.2, 0) is 9.09 Å². The molecule has 6 heteroatoms. The van der Waals surface area contributed by atoms with Crippen molar-refractivity contribution in [3.8, 4) is 0 Å². The molecule has 0 unspecified atom stereocenters. The molecule has 0 saturated heterocycles. The summed E-state index contributed by atoms with van der Waals surface area (Å²) in [6.45, 7) is 0. The molecule has 0 aromatic rings. The fourth-order valence-electron chi connectivity index (χ4n) is 0.395. The highest BCUT2D eigenvalue weighted by atomic mass is 31.2. The van der Waals surface area contributed by atoms with Crippen molar-refractivity contribution in [1.29, 1.82) is 0 Å². The fourth-order valence-corrected chi connectivity index (χ4v) is 1.19. The van der Waals surface area contributed by atoms with Gasteiger partial charge in [0.25, 0.3) is 7.37 Å². The van der Waals surface area contributed by atoms with Crippen LogP contribution in [0.5, 0.6) is 0 Å². The third-order valence-electron chi connectivity index (χ3n) is 0.805. The first kappa shape index (κ1) is 11.0. The Hall–Kier alpha value is -0.960. The molecule has 0 aliphatic heterocycles. The molecule has 0 spiro atoms. The molecule has 68 valence electrons. The summed E-state index contributed by atoms with van der Waals surface area (Å²) in [5.74, 6) is 1.01. The van der Waals surface area contributed by atoms with Crippen molar-refractivity contribution in [2.24, 2.45) is 0 Å². The van der Waals surface area contributed by atoms with E-state index in [0.29, 0.717) is 17.9 Å². The Labute approximate surface area is 67.5 Å². The van der Waals surface area contributed by atoms with Crippen molar-refractivity contribution in [2.75, 3.05) is 0 Å². The Kier molecular flexibility index (Phi) is 5.21. The van der Waals surface area contributed by atoms with Crippen molar-refractivity contribution in [3.05, 3.63) is 36.9 Å². The first-order valence-corrected chi connectivity index (χ1v) is 4.53. The molecule has 0 aliphatic carbocycles. The second kappa shape index (κ2) is 5.66. The molecule has 2 nitrogen and oxygen atoms in total. The fraction of sp³-hybridized carbons (Fsp3) is 0. The van der Waals surface area contributed by atoms with E-state index in [1.54, 1.807) is 0 Å². The van der Waals surface area contributed by atoms with Crippen LogP contribution in [0.15, 0.2) is 36.9 Å². The molecule has 12 heavy (non-hydrogen) atoms. The summed E-state index contributed by atoms with van der Waals surface area (Å²) in [6, 6.07) is 0. The standard InChI is InChI=1S/C6H6F3O2P/c7-1-4-11-12(10,5-2-8)6-3-9/h1-6H. The number of rotatable bonds is 4. The molecule has 0 amide bonds. The molecule has 0 aromatic heterocycles. The van der Waals surface area contributed by atoms with Crippen LogP contribution in [0.25, 0.3) is 0 Å². The predicted octanol–water partition coefficient (Wildman–Crippen LogP) is 3.60. The third kappa shape index (κ3) is 4.03. The molecule has 0 aromatic carbocycles. The summed E-state index contributed by atoms with van der Waals surface area (Å²) in [4.78, 5) is 0. The van der Waals surface area contributed by atoms with E-state index in [4.69, 9.17) is 0 Å². The molecule has 0 radical (unpaired) electrons. The largest absolute Gasteiger partial charge is 0.443 e. The van der Waals surface area contributed by atoms with Gasteiger partial charge in [0.05, 0.1) is 12.7 Å². The lowest BCUT2D eigenvalue weighted by Gasteiger charge is -2.05. The SMILES string of the molecule is O=P(C=CF)(C=CF)OC=CF. The lowest BCUT2D eigenvalue weighted by molar-refractivity contribution is 0.448. The summed E-state index contributed by atoms with van der Waals surface area (Å²) in [5.41, 5.74) is 0. The first-order chi connectivity index (χ1) is 5.68. The lowest BCUT2D eigenvalue weighted by Crippen LogP contribution is -1.73. The van der Waals surface area contributed by atoms with Gasteiger partial charge in [-0.05, 0) is 0 Å². The number of hydrogen-bond donors (Lipinski definition) is 0. The molecule has 0 fully saturated rings. The highest BCUT2D eigenvalue weighted by Crippen LogP contribution is 2.50. The van der Waals surface area contributed by atoms with Gasteiger partial charge in [0.1, 0.15) is 12.6 Å². The number of halogens is 3. The highest BCUT2D eigenvalue weighted by molar-refractivity contribution is 7.65. The zero-order valence-corrected chi connectivity index (χ0v) is 6.76. The monoisotopic (exact) mass is 198 g/mol. The number of hydrogen-bond acceptors (Lipinski definition) is 2. The van der Waals surface area contributed by atoms with E-state index in [1.807, 2.05) is 0 Å². The van der Waals surface area contributed by atoms with E-state index in [0.717, 1.165) is 0 Å². The Morgan fingerprint density at radius 1 is 1.00 bits per heavy atom. The van der Waals surface area contributed by atoms with Crippen molar-refractivity contribution >= 4 is 7.37 Å². The van der Waals surface area contributed by atoms with Gasteiger partial charge in [0, 0.05) is 11.6 Å². The van der Waals surface area contributed by atoms with E-state index >= 15 is 0 Å². The van der Waals surface area contributed by atoms with Crippen LogP contribution < -0.4 is 0 Å². The van der Waals surface area contributed by atoms with E-state index in [-0.39, 0.29) is 19.0 Å². The molecular weight excluding hydrogens is 192 g/mol. The Balaban J connectivity index is 4.51. The van der Waals surface area contributed by atoms with Crippen LogP contribution in [0.4, 0.5) is 13.2 Å². The lowest BCUT2D eigenvalue weighted by atomic mass is 11.1. The molecule has 0 N–H and O–H groups in total. The second-order valence-corrected chi connectivity index (χ2v) is 3.66. The van der Waals surface area contributed by atoms with Gasteiger partial charge in [0.15, 0.2) is 0 Å². The smallest absolute Gasteiger partial charge is 0.296 e. The van der Waals surface area contributed by atoms with Gasteiger partial charge in [-0.2, -0.15) is 0 Å². The summed E-state index contributed by atoms with van der Waals surface area (Å²) in [5, 5.41) is 0.